The maximum absolute atomic E-state index is 12.2. The molecule has 0 saturated carbocycles. The first kappa shape index (κ1) is 18.7. The van der Waals surface area contributed by atoms with Crippen LogP contribution in [0, 0.1) is 13.8 Å². The van der Waals surface area contributed by atoms with Crippen LogP contribution in [0.25, 0.3) is 0 Å². The number of nitrogens with zero attached hydrogens (tertiary/aromatic N) is 2. The minimum absolute atomic E-state index is 0.151. The van der Waals surface area contributed by atoms with E-state index in [1.165, 1.54) is 0 Å². The molecule has 3 aromatic rings. The average Bonchev–Trinajstić information content (AvgIpc) is 2.69. The zero-order valence-corrected chi connectivity index (χ0v) is 15.6. The minimum atomic E-state index is -1.13. The second-order valence-corrected chi connectivity index (χ2v) is 6.28. The monoisotopic (exact) mass is 362 g/mol. The molecule has 0 saturated heterocycles. The number of benzene rings is 2. The minimum Gasteiger partial charge on any atom is -0.449 e. The number of carbonyl (C=O) groups excluding carboxylic acids is 1. The average molecular weight is 362 g/mol. The molecular formula is C22H22N2O3. The number of carbonyl (C=O) groups is 1. The van der Waals surface area contributed by atoms with Gasteiger partial charge < -0.3 is 9.47 Å². The molecule has 0 spiro atoms. The van der Waals surface area contributed by atoms with Gasteiger partial charge in [0.1, 0.15) is 0 Å². The van der Waals surface area contributed by atoms with Crippen LogP contribution in [0.5, 0.6) is 6.01 Å². The number of hydrogen-bond acceptors (Lipinski definition) is 5. The summed E-state index contributed by atoms with van der Waals surface area (Å²) in [5.41, 5.74) is 2.01. The fourth-order valence-corrected chi connectivity index (χ4v) is 3.28. The van der Waals surface area contributed by atoms with Gasteiger partial charge in [-0.3, -0.25) is 4.79 Å². The van der Waals surface area contributed by atoms with E-state index in [9.17, 15) is 4.79 Å². The second kappa shape index (κ2) is 8.10. The van der Waals surface area contributed by atoms with E-state index in [0.717, 1.165) is 28.8 Å². The van der Waals surface area contributed by atoms with Gasteiger partial charge in [0.05, 0.1) is 0 Å². The molecule has 0 amide bonds. The number of methoxy groups -OCH3 is 1. The molecule has 3 rings (SSSR count). The van der Waals surface area contributed by atoms with Gasteiger partial charge in [0.15, 0.2) is 18.0 Å². The summed E-state index contributed by atoms with van der Waals surface area (Å²) in [6.45, 7) is 3.71. The Morgan fingerprint density at radius 1 is 0.889 bits per heavy atom. The van der Waals surface area contributed by atoms with E-state index in [-0.39, 0.29) is 6.01 Å². The van der Waals surface area contributed by atoms with Crippen LogP contribution < -0.4 is 4.74 Å². The maximum Gasteiger partial charge on any atom is 0.317 e. The van der Waals surface area contributed by atoms with Gasteiger partial charge in [-0.15, -0.1) is 0 Å². The summed E-state index contributed by atoms with van der Waals surface area (Å²) in [5.74, 6) is 0. The Kier molecular flexibility index (Phi) is 5.62. The predicted molar refractivity (Wildman–Crippen MR) is 103 cm³/mol. The Labute approximate surface area is 159 Å². The van der Waals surface area contributed by atoms with Crippen LogP contribution in [-0.4, -0.2) is 29.5 Å². The molecule has 0 bridgehead atoms. The smallest absolute Gasteiger partial charge is 0.317 e. The zero-order valence-electron chi connectivity index (χ0n) is 15.6. The molecule has 1 aromatic heterocycles. The molecule has 5 heteroatoms. The van der Waals surface area contributed by atoms with Crippen molar-refractivity contribution in [2.24, 2.45) is 0 Å². The van der Waals surface area contributed by atoms with Gasteiger partial charge in [-0.2, -0.15) is 0 Å². The summed E-state index contributed by atoms with van der Waals surface area (Å²) in [7, 11) is 1.57. The second-order valence-electron chi connectivity index (χ2n) is 6.28. The van der Waals surface area contributed by atoms with Gasteiger partial charge >= 0.3 is 6.01 Å². The van der Waals surface area contributed by atoms with E-state index < -0.39 is 11.7 Å². The van der Waals surface area contributed by atoms with E-state index in [4.69, 9.17) is 9.47 Å². The molecule has 27 heavy (non-hydrogen) atoms. The number of rotatable bonds is 7. The lowest BCUT2D eigenvalue weighted by Gasteiger charge is -2.37. The number of aryl methyl sites for hydroxylation is 2. The number of aldehydes is 1. The van der Waals surface area contributed by atoms with Crippen molar-refractivity contribution in [2.75, 3.05) is 7.11 Å². The quantitative estimate of drug-likeness (QED) is 0.601. The molecule has 0 N–H and O–H groups in total. The van der Waals surface area contributed by atoms with Crippen molar-refractivity contribution in [3.05, 3.63) is 89.2 Å². The van der Waals surface area contributed by atoms with Crippen LogP contribution in [0.4, 0.5) is 0 Å². The van der Waals surface area contributed by atoms with Gasteiger partial charge in [0, 0.05) is 18.5 Å². The van der Waals surface area contributed by atoms with E-state index in [1.807, 2.05) is 80.6 Å². The summed E-state index contributed by atoms with van der Waals surface area (Å²) in [6.07, 6.45) is -0.238. The third-order valence-electron chi connectivity index (χ3n) is 4.45. The molecular weight excluding hydrogens is 340 g/mol. The van der Waals surface area contributed by atoms with Crippen molar-refractivity contribution < 1.29 is 14.3 Å². The number of ether oxygens (including phenoxy) is 2. The highest BCUT2D eigenvalue weighted by Crippen LogP contribution is 2.37. The van der Waals surface area contributed by atoms with Gasteiger partial charge in [-0.1, -0.05) is 60.7 Å². The largest absolute Gasteiger partial charge is 0.449 e. The van der Waals surface area contributed by atoms with Crippen LogP contribution in [0.15, 0.2) is 66.7 Å². The van der Waals surface area contributed by atoms with Crippen molar-refractivity contribution in [1.29, 1.82) is 0 Å². The van der Waals surface area contributed by atoms with Crippen LogP contribution in [0.3, 0.4) is 0 Å². The summed E-state index contributed by atoms with van der Waals surface area (Å²) in [5, 5.41) is 0. The van der Waals surface area contributed by atoms with Crippen molar-refractivity contribution in [3.8, 4) is 6.01 Å². The Balaban J connectivity index is 2.14. The lowest BCUT2D eigenvalue weighted by atomic mass is 9.81. The lowest BCUT2D eigenvalue weighted by molar-refractivity contribution is -0.128. The van der Waals surface area contributed by atoms with E-state index in [1.54, 1.807) is 7.11 Å². The molecule has 0 fully saturated rings. The first-order chi connectivity index (χ1) is 13.1. The standard InChI is InChI=1S/C22H22N2O3/c1-16-14-17(2)24-21(23-16)27-20(15-25)22(26-3,18-10-6-4-7-11-18)19-12-8-5-9-13-19/h4-15,20H,1-3H3. The molecule has 5 nitrogen and oxygen atoms in total. The fourth-order valence-electron chi connectivity index (χ4n) is 3.28. The molecule has 0 radical (unpaired) electrons. The van der Waals surface area contributed by atoms with Crippen molar-refractivity contribution in [1.82, 2.24) is 9.97 Å². The Hall–Kier alpha value is -3.05. The van der Waals surface area contributed by atoms with Crippen LogP contribution >= 0.6 is 0 Å². The summed E-state index contributed by atoms with van der Waals surface area (Å²) in [6, 6.07) is 21.1. The predicted octanol–water partition coefficient (Wildman–Crippen LogP) is 3.63. The first-order valence-corrected chi connectivity index (χ1v) is 8.70. The molecule has 2 aromatic carbocycles. The van der Waals surface area contributed by atoms with Crippen LogP contribution in [0.2, 0.25) is 0 Å². The Bertz CT molecular complexity index is 838. The first-order valence-electron chi connectivity index (χ1n) is 8.70. The molecule has 1 heterocycles. The molecule has 138 valence electrons. The third kappa shape index (κ3) is 3.73. The lowest BCUT2D eigenvalue weighted by Crippen LogP contribution is -2.47. The third-order valence-corrected chi connectivity index (χ3v) is 4.45. The van der Waals surface area contributed by atoms with Crippen molar-refractivity contribution in [2.45, 2.75) is 25.6 Å². The highest BCUT2D eigenvalue weighted by molar-refractivity contribution is 5.63. The topological polar surface area (TPSA) is 61.3 Å². The van der Waals surface area contributed by atoms with Crippen molar-refractivity contribution >= 4 is 6.29 Å². The highest BCUT2D eigenvalue weighted by atomic mass is 16.6. The fraction of sp³-hybridized carbons (Fsp3) is 0.227. The maximum atomic E-state index is 12.2. The highest BCUT2D eigenvalue weighted by Gasteiger charge is 2.45. The van der Waals surface area contributed by atoms with Crippen LogP contribution in [-0.2, 0) is 15.1 Å². The Morgan fingerprint density at radius 3 is 1.78 bits per heavy atom. The molecule has 1 atom stereocenters. The number of aromatic nitrogens is 2. The molecule has 0 aliphatic carbocycles. The van der Waals surface area contributed by atoms with E-state index in [0.29, 0.717) is 0 Å². The zero-order chi connectivity index (χ0) is 19.3. The van der Waals surface area contributed by atoms with Gasteiger partial charge in [-0.05, 0) is 31.0 Å². The van der Waals surface area contributed by atoms with E-state index in [2.05, 4.69) is 9.97 Å². The summed E-state index contributed by atoms with van der Waals surface area (Å²) >= 11 is 0. The molecule has 1 unspecified atom stereocenters. The van der Waals surface area contributed by atoms with Gasteiger partial charge in [0.25, 0.3) is 0 Å². The van der Waals surface area contributed by atoms with Crippen molar-refractivity contribution in [3.63, 3.8) is 0 Å². The van der Waals surface area contributed by atoms with Crippen LogP contribution in [0.1, 0.15) is 22.5 Å². The molecule has 0 aliphatic heterocycles. The Morgan fingerprint density at radius 2 is 1.37 bits per heavy atom. The SMILES string of the molecule is COC(c1ccccc1)(c1ccccc1)C(C=O)Oc1nc(C)cc(C)n1. The molecule has 0 aliphatic rings. The summed E-state index contributed by atoms with van der Waals surface area (Å²) < 4.78 is 12.0. The summed E-state index contributed by atoms with van der Waals surface area (Å²) in [4.78, 5) is 20.8. The van der Waals surface area contributed by atoms with E-state index >= 15 is 0 Å². The van der Waals surface area contributed by atoms with Gasteiger partial charge in [0.2, 0.25) is 0 Å². The van der Waals surface area contributed by atoms with Gasteiger partial charge in [-0.25, -0.2) is 9.97 Å². The normalized spacial score (nSPS) is 12.4. The number of hydrogen-bond donors (Lipinski definition) is 0.